The number of nitrogens with zero attached hydrogens (tertiary/aromatic N) is 3. The summed E-state index contributed by atoms with van der Waals surface area (Å²) in [6.07, 6.45) is 4.51. The molecule has 0 aliphatic carbocycles. The van der Waals surface area contributed by atoms with E-state index in [0.29, 0.717) is 50.1 Å². The van der Waals surface area contributed by atoms with Crippen LogP contribution in [0, 0.1) is 5.82 Å². The van der Waals surface area contributed by atoms with Crippen LogP contribution in [0.5, 0.6) is 17.2 Å². The number of hydrogen-bond acceptors (Lipinski definition) is 7. The molecule has 0 bridgehead atoms. The van der Waals surface area contributed by atoms with Crippen molar-refractivity contribution < 1.29 is 28.4 Å². The second-order valence-electron chi connectivity index (χ2n) is 8.69. The average Bonchev–Trinajstić information content (AvgIpc) is 3.31. The Morgan fingerprint density at radius 1 is 1.14 bits per heavy atom. The van der Waals surface area contributed by atoms with E-state index in [9.17, 15) is 9.50 Å². The number of rotatable bonds is 11. The van der Waals surface area contributed by atoms with Crippen molar-refractivity contribution in [1.82, 2.24) is 14.7 Å². The molecule has 0 spiro atoms. The van der Waals surface area contributed by atoms with Crippen LogP contribution in [0.2, 0.25) is 0 Å². The second-order valence-corrected chi connectivity index (χ2v) is 8.69. The third-order valence-corrected chi connectivity index (χ3v) is 5.74. The van der Waals surface area contributed by atoms with E-state index in [4.69, 9.17) is 18.9 Å². The van der Waals surface area contributed by atoms with Gasteiger partial charge < -0.3 is 24.1 Å². The summed E-state index contributed by atoms with van der Waals surface area (Å²) in [7, 11) is 1.62. The predicted octanol–water partition coefficient (Wildman–Crippen LogP) is 3.14. The minimum atomic E-state index is -1.19. The van der Waals surface area contributed by atoms with Crippen molar-refractivity contribution in [1.29, 1.82) is 0 Å². The van der Waals surface area contributed by atoms with Crippen molar-refractivity contribution in [2.75, 3.05) is 46.6 Å². The van der Waals surface area contributed by atoms with Gasteiger partial charge in [0, 0.05) is 45.0 Å². The van der Waals surface area contributed by atoms with Gasteiger partial charge in [0.05, 0.1) is 26.9 Å². The maximum absolute atomic E-state index is 13.1. The van der Waals surface area contributed by atoms with E-state index in [-0.39, 0.29) is 19.0 Å². The summed E-state index contributed by atoms with van der Waals surface area (Å²) in [5.74, 6) is 1.53. The van der Waals surface area contributed by atoms with E-state index in [1.807, 2.05) is 35.1 Å². The fourth-order valence-electron chi connectivity index (χ4n) is 4.00. The third kappa shape index (κ3) is 7.42. The summed E-state index contributed by atoms with van der Waals surface area (Å²) >= 11 is 0. The molecule has 1 unspecified atom stereocenters. The molecule has 35 heavy (non-hydrogen) atoms. The van der Waals surface area contributed by atoms with Gasteiger partial charge in [0.1, 0.15) is 23.8 Å². The van der Waals surface area contributed by atoms with Crippen molar-refractivity contribution in [2.24, 2.45) is 0 Å². The van der Waals surface area contributed by atoms with Gasteiger partial charge in [0.25, 0.3) is 0 Å². The number of aryl methyl sites for hydroxylation is 1. The van der Waals surface area contributed by atoms with Crippen LogP contribution in [-0.4, -0.2) is 72.0 Å². The number of ether oxygens (including phenoxy) is 4. The summed E-state index contributed by atoms with van der Waals surface area (Å²) in [6.45, 7) is 3.69. The normalized spacial score (nSPS) is 18.7. The van der Waals surface area contributed by atoms with Crippen LogP contribution in [0.1, 0.15) is 12.0 Å². The summed E-state index contributed by atoms with van der Waals surface area (Å²) < 4.78 is 37.9. The summed E-state index contributed by atoms with van der Waals surface area (Å²) in [4.78, 5) is 2.13. The van der Waals surface area contributed by atoms with Crippen molar-refractivity contribution in [3.8, 4) is 17.2 Å². The van der Waals surface area contributed by atoms with Crippen LogP contribution in [0.15, 0.2) is 60.9 Å². The summed E-state index contributed by atoms with van der Waals surface area (Å²) in [5.41, 5.74) is -0.153. The zero-order valence-electron chi connectivity index (χ0n) is 19.9. The Bertz CT molecular complexity index is 1050. The molecule has 1 N–H and O–H groups in total. The molecule has 4 rings (SSSR count). The number of aromatic nitrogens is 2. The van der Waals surface area contributed by atoms with E-state index in [2.05, 4.69) is 10.00 Å². The van der Waals surface area contributed by atoms with Crippen LogP contribution < -0.4 is 14.2 Å². The van der Waals surface area contributed by atoms with Crippen molar-refractivity contribution in [2.45, 2.75) is 25.1 Å². The van der Waals surface area contributed by atoms with Crippen LogP contribution in [0.25, 0.3) is 0 Å². The van der Waals surface area contributed by atoms with E-state index < -0.39 is 5.60 Å². The Morgan fingerprint density at radius 2 is 2.00 bits per heavy atom. The summed E-state index contributed by atoms with van der Waals surface area (Å²) in [6, 6.07) is 13.5. The molecular weight excluding hydrogens is 453 g/mol. The van der Waals surface area contributed by atoms with Crippen LogP contribution in [-0.2, 0) is 17.8 Å². The van der Waals surface area contributed by atoms with Gasteiger partial charge in [-0.25, -0.2) is 4.39 Å². The Morgan fingerprint density at radius 3 is 2.77 bits per heavy atom. The second kappa shape index (κ2) is 12.0. The molecule has 188 valence electrons. The number of aliphatic hydroxyl groups is 1. The third-order valence-electron chi connectivity index (χ3n) is 5.74. The fourth-order valence-corrected chi connectivity index (χ4v) is 4.00. The smallest absolute Gasteiger partial charge is 0.161 e. The van der Waals surface area contributed by atoms with Crippen molar-refractivity contribution >= 4 is 0 Å². The lowest BCUT2D eigenvalue weighted by molar-refractivity contribution is -0.0646. The van der Waals surface area contributed by atoms with E-state index >= 15 is 0 Å². The lowest BCUT2D eigenvalue weighted by Gasteiger charge is -2.30. The highest BCUT2D eigenvalue weighted by Crippen LogP contribution is 2.29. The standard InChI is InChI=1S/C26H32FN3O5/c1-32-24-9-4-21(16-25(24)34-14-3-12-30-11-2-10-28-30)17-29-13-15-33-19-26(31,18-29)20-35-23-7-5-22(27)6-8-23/h2,4-11,16,31H,3,12-15,17-20H2,1H3. The molecule has 0 radical (unpaired) electrons. The maximum Gasteiger partial charge on any atom is 0.161 e. The molecule has 1 fully saturated rings. The molecule has 2 heterocycles. The molecule has 1 atom stereocenters. The highest BCUT2D eigenvalue weighted by atomic mass is 19.1. The average molecular weight is 486 g/mol. The van der Waals surface area contributed by atoms with Crippen molar-refractivity contribution in [3.05, 3.63) is 72.3 Å². The molecule has 9 heteroatoms. The highest BCUT2D eigenvalue weighted by molar-refractivity contribution is 5.43. The first-order valence-electron chi connectivity index (χ1n) is 11.7. The summed E-state index contributed by atoms with van der Waals surface area (Å²) in [5, 5.41) is 15.4. The first-order chi connectivity index (χ1) is 17.0. The quantitative estimate of drug-likeness (QED) is 0.418. The van der Waals surface area contributed by atoms with Gasteiger partial charge in [0.2, 0.25) is 0 Å². The lowest BCUT2D eigenvalue weighted by Crippen LogP contribution is -2.48. The lowest BCUT2D eigenvalue weighted by atomic mass is 10.1. The molecule has 3 aromatic rings. The zero-order valence-corrected chi connectivity index (χ0v) is 19.9. The number of methoxy groups -OCH3 is 1. The fraction of sp³-hybridized carbons (Fsp3) is 0.423. The number of halogens is 1. The molecule has 0 saturated carbocycles. The molecule has 8 nitrogen and oxygen atoms in total. The molecule has 1 aliphatic rings. The highest BCUT2D eigenvalue weighted by Gasteiger charge is 2.33. The molecule has 1 aliphatic heterocycles. The number of β-amino-alcohol motifs (C(OH)–C–C–N with tert-alkyl or cyclic N) is 1. The van der Waals surface area contributed by atoms with Gasteiger partial charge in [0.15, 0.2) is 11.5 Å². The minimum Gasteiger partial charge on any atom is -0.493 e. The first kappa shape index (κ1) is 25.0. The van der Waals surface area contributed by atoms with Crippen LogP contribution >= 0.6 is 0 Å². The Labute approximate surface area is 204 Å². The van der Waals surface area contributed by atoms with E-state index in [1.54, 1.807) is 25.4 Å². The maximum atomic E-state index is 13.1. The van der Waals surface area contributed by atoms with Gasteiger partial charge in [-0.2, -0.15) is 5.10 Å². The SMILES string of the molecule is COc1ccc(CN2CCOCC(O)(COc3ccc(F)cc3)C2)cc1OCCCn1cccn1. The molecule has 0 amide bonds. The zero-order chi connectivity index (χ0) is 24.5. The first-order valence-corrected chi connectivity index (χ1v) is 11.7. The van der Waals surface area contributed by atoms with E-state index in [0.717, 1.165) is 18.5 Å². The predicted molar refractivity (Wildman–Crippen MR) is 128 cm³/mol. The number of benzene rings is 2. The Kier molecular flexibility index (Phi) is 8.57. The minimum absolute atomic E-state index is 0.0440. The Hall–Kier alpha value is -3.14. The monoisotopic (exact) mass is 485 g/mol. The van der Waals surface area contributed by atoms with E-state index in [1.165, 1.54) is 12.1 Å². The van der Waals surface area contributed by atoms with Gasteiger partial charge >= 0.3 is 0 Å². The Balaban J connectivity index is 1.34. The topological polar surface area (TPSA) is 78.2 Å². The molecular formula is C26H32FN3O5. The van der Waals surface area contributed by atoms with Gasteiger partial charge in [-0.1, -0.05) is 6.07 Å². The van der Waals surface area contributed by atoms with Gasteiger partial charge in [-0.15, -0.1) is 0 Å². The molecule has 1 saturated heterocycles. The van der Waals surface area contributed by atoms with Crippen LogP contribution in [0.3, 0.4) is 0 Å². The van der Waals surface area contributed by atoms with Crippen LogP contribution in [0.4, 0.5) is 4.39 Å². The largest absolute Gasteiger partial charge is 0.493 e. The van der Waals surface area contributed by atoms with Crippen molar-refractivity contribution in [3.63, 3.8) is 0 Å². The molecule has 2 aromatic carbocycles. The van der Waals surface area contributed by atoms with Gasteiger partial charge in [-0.05, 0) is 48.0 Å². The van der Waals surface area contributed by atoms with Gasteiger partial charge in [-0.3, -0.25) is 9.58 Å². The molecule has 1 aromatic heterocycles. The number of hydrogen-bond donors (Lipinski definition) is 1.